The second-order valence-electron chi connectivity index (χ2n) is 3.31. The highest BCUT2D eigenvalue weighted by Crippen LogP contribution is 2.06. The molecule has 0 bridgehead atoms. The van der Waals surface area contributed by atoms with Crippen LogP contribution in [0.5, 0.6) is 0 Å². The van der Waals surface area contributed by atoms with Gasteiger partial charge in [0, 0.05) is 11.8 Å². The first-order valence-corrected chi connectivity index (χ1v) is 4.54. The molecule has 0 saturated heterocycles. The Labute approximate surface area is 83.7 Å². The summed E-state index contributed by atoms with van der Waals surface area (Å²) in [6.07, 6.45) is 0.174. The molecule has 0 aliphatic carbocycles. The normalized spacial score (nSPS) is 10.6. The van der Waals surface area contributed by atoms with Crippen molar-refractivity contribution in [2.45, 2.75) is 33.5 Å². The van der Waals surface area contributed by atoms with Gasteiger partial charge in [-0.05, 0) is 20.8 Å². The topological polar surface area (TPSA) is 73.1 Å². The number of nitrogens with zero attached hydrogens (tertiary/aromatic N) is 2. The Morgan fingerprint density at radius 3 is 2.79 bits per heavy atom. The molecule has 78 valence electrons. The van der Waals surface area contributed by atoms with Gasteiger partial charge >= 0.3 is 0 Å². The van der Waals surface area contributed by atoms with E-state index >= 15 is 0 Å². The standard InChI is InChI=1S/C9H16N4O/c1-6(2)14-5-9-11-7(3)4-8(12-9)13-10/h4,6H,5,10H2,1-3H3,(H,11,12,13). The average molecular weight is 196 g/mol. The van der Waals surface area contributed by atoms with Crippen molar-refractivity contribution in [3.63, 3.8) is 0 Å². The van der Waals surface area contributed by atoms with E-state index in [1.165, 1.54) is 0 Å². The Bertz CT molecular complexity index is 301. The van der Waals surface area contributed by atoms with Gasteiger partial charge in [0.1, 0.15) is 12.4 Å². The van der Waals surface area contributed by atoms with Gasteiger partial charge in [-0.1, -0.05) is 0 Å². The molecule has 1 aromatic heterocycles. The van der Waals surface area contributed by atoms with Crippen molar-refractivity contribution in [3.8, 4) is 0 Å². The summed E-state index contributed by atoms with van der Waals surface area (Å²) < 4.78 is 5.39. The number of nitrogens with one attached hydrogen (secondary N) is 1. The Kier molecular flexibility index (Phi) is 3.79. The van der Waals surface area contributed by atoms with Gasteiger partial charge in [-0.25, -0.2) is 15.8 Å². The summed E-state index contributed by atoms with van der Waals surface area (Å²) in [7, 11) is 0. The molecular weight excluding hydrogens is 180 g/mol. The maximum absolute atomic E-state index is 5.39. The maximum Gasteiger partial charge on any atom is 0.156 e. The summed E-state index contributed by atoms with van der Waals surface area (Å²) in [4.78, 5) is 8.37. The smallest absolute Gasteiger partial charge is 0.156 e. The number of aromatic nitrogens is 2. The first-order valence-electron chi connectivity index (χ1n) is 4.54. The highest BCUT2D eigenvalue weighted by molar-refractivity contribution is 5.33. The van der Waals surface area contributed by atoms with Gasteiger partial charge in [-0.2, -0.15) is 0 Å². The van der Waals surface area contributed by atoms with Crippen LogP contribution >= 0.6 is 0 Å². The number of ether oxygens (including phenoxy) is 1. The van der Waals surface area contributed by atoms with Crippen LogP contribution < -0.4 is 11.3 Å². The molecule has 0 aromatic carbocycles. The second-order valence-corrected chi connectivity index (χ2v) is 3.31. The monoisotopic (exact) mass is 196 g/mol. The van der Waals surface area contributed by atoms with E-state index in [1.54, 1.807) is 6.07 Å². The molecule has 1 rings (SSSR count). The highest BCUT2D eigenvalue weighted by atomic mass is 16.5. The predicted molar refractivity (Wildman–Crippen MR) is 54.5 cm³/mol. The van der Waals surface area contributed by atoms with E-state index in [1.807, 2.05) is 20.8 Å². The van der Waals surface area contributed by atoms with E-state index in [0.717, 1.165) is 5.69 Å². The maximum atomic E-state index is 5.39. The second kappa shape index (κ2) is 4.88. The van der Waals surface area contributed by atoms with Crippen molar-refractivity contribution in [2.75, 3.05) is 5.43 Å². The van der Waals surface area contributed by atoms with E-state index in [2.05, 4.69) is 15.4 Å². The zero-order valence-corrected chi connectivity index (χ0v) is 8.74. The molecule has 0 saturated carbocycles. The van der Waals surface area contributed by atoms with Crippen LogP contribution in [0.4, 0.5) is 5.82 Å². The Balaban J connectivity index is 2.71. The molecule has 14 heavy (non-hydrogen) atoms. The average Bonchev–Trinajstić information content (AvgIpc) is 2.14. The molecular formula is C9H16N4O. The van der Waals surface area contributed by atoms with Crippen LogP contribution in [0, 0.1) is 6.92 Å². The molecule has 0 atom stereocenters. The van der Waals surface area contributed by atoms with Crippen molar-refractivity contribution in [1.82, 2.24) is 9.97 Å². The van der Waals surface area contributed by atoms with Crippen LogP contribution in [-0.2, 0) is 11.3 Å². The van der Waals surface area contributed by atoms with Gasteiger partial charge in [0.25, 0.3) is 0 Å². The number of nitrogens with two attached hydrogens (primary N) is 1. The SMILES string of the molecule is Cc1cc(NN)nc(COC(C)C)n1. The third-order valence-electron chi connectivity index (χ3n) is 1.59. The minimum absolute atomic E-state index is 0.174. The minimum atomic E-state index is 0.174. The van der Waals surface area contributed by atoms with E-state index < -0.39 is 0 Å². The fourth-order valence-corrected chi connectivity index (χ4v) is 1.01. The molecule has 5 heteroatoms. The van der Waals surface area contributed by atoms with Crippen LogP contribution in [0.2, 0.25) is 0 Å². The number of aryl methyl sites for hydroxylation is 1. The van der Waals surface area contributed by atoms with Crippen molar-refractivity contribution in [3.05, 3.63) is 17.6 Å². The molecule has 1 aromatic rings. The van der Waals surface area contributed by atoms with Crippen molar-refractivity contribution < 1.29 is 4.74 Å². The Hall–Kier alpha value is -1.20. The molecule has 0 radical (unpaired) electrons. The summed E-state index contributed by atoms with van der Waals surface area (Å²) in [6.45, 7) is 6.24. The molecule has 0 spiro atoms. The lowest BCUT2D eigenvalue weighted by molar-refractivity contribution is 0.0612. The zero-order valence-electron chi connectivity index (χ0n) is 8.74. The summed E-state index contributed by atoms with van der Waals surface area (Å²) in [6, 6.07) is 1.78. The summed E-state index contributed by atoms with van der Waals surface area (Å²) in [5.41, 5.74) is 3.36. The molecule has 1 heterocycles. The van der Waals surface area contributed by atoms with Gasteiger partial charge in [0.15, 0.2) is 5.82 Å². The minimum Gasteiger partial charge on any atom is -0.371 e. The summed E-state index contributed by atoms with van der Waals surface area (Å²) in [5, 5.41) is 0. The van der Waals surface area contributed by atoms with Crippen LogP contribution in [0.1, 0.15) is 25.4 Å². The number of anilines is 1. The summed E-state index contributed by atoms with van der Waals surface area (Å²) >= 11 is 0. The molecule has 5 nitrogen and oxygen atoms in total. The van der Waals surface area contributed by atoms with E-state index in [4.69, 9.17) is 10.6 Å². The lowest BCUT2D eigenvalue weighted by atomic mass is 10.4. The molecule has 3 N–H and O–H groups in total. The third kappa shape index (κ3) is 3.27. The van der Waals surface area contributed by atoms with Gasteiger partial charge in [-0.3, -0.25) is 0 Å². The first kappa shape index (κ1) is 10.9. The number of hydrogen-bond acceptors (Lipinski definition) is 5. The van der Waals surface area contributed by atoms with Crippen LogP contribution in [0.3, 0.4) is 0 Å². The predicted octanol–water partition coefficient (Wildman–Crippen LogP) is 0.996. The van der Waals surface area contributed by atoms with E-state index in [0.29, 0.717) is 18.2 Å². The number of hydrazine groups is 1. The van der Waals surface area contributed by atoms with Crippen molar-refractivity contribution >= 4 is 5.82 Å². The fourth-order valence-electron chi connectivity index (χ4n) is 1.01. The van der Waals surface area contributed by atoms with Crippen molar-refractivity contribution in [2.24, 2.45) is 5.84 Å². The molecule has 0 aliphatic heterocycles. The molecule has 0 amide bonds. The van der Waals surface area contributed by atoms with Gasteiger partial charge < -0.3 is 10.2 Å². The zero-order chi connectivity index (χ0) is 10.6. The van der Waals surface area contributed by atoms with Crippen LogP contribution in [0.15, 0.2) is 6.07 Å². The first-order chi connectivity index (χ1) is 6.61. The van der Waals surface area contributed by atoms with E-state index in [-0.39, 0.29) is 6.10 Å². The van der Waals surface area contributed by atoms with Gasteiger partial charge in [0.05, 0.1) is 6.10 Å². The van der Waals surface area contributed by atoms with Crippen LogP contribution in [0.25, 0.3) is 0 Å². The fraction of sp³-hybridized carbons (Fsp3) is 0.556. The molecule has 0 unspecified atom stereocenters. The Morgan fingerprint density at radius 2 is 2.21 bits per heavy atom. The number of rotatable bonds is 4. The van der Waals surface area contributed by atoms with E-state index in [9.17, 15) is 0 Å². The third-order valence-corrected chi connectivity index (χ3v) is 1.59. The van der Waals surface area contributed by atoms with Gasteiger partial charge in [0.2, 0.25) is 0 Å². The van der Waals surface area contributed by atoms with Gasteiger partial charge in [-0.15, -0.1) is 0 Å². The lowest BCUT2D eigenvalue weighted by Gasteiger charge is -2.08. The summed E-state index contributed by atoms with van der Waals surface area (Å²) in [5.74, 6) is 6.52. The Morgan fingerprint density at radius 1 is 1.50 bits per heavy atom. The number of hydrogen-bond donors (Lipinski definition) is 2. The molecule has 0 fully saturated rings. The largest absolute Gasteiger partial charge is 0.371 e. The quantitative estimate of drug-likeness (QED) is 0.555. The van der Waals surface area contributed by atoms with Crippen molar-refractivity contribution in [1.29, 1.82) is 0 Å². The van der Waals surface area contributed by atoms with Crippen LogP contribution in [-0.4, -0.2) is 16.1 Å². The highest BCUT2D eigenvalue weighted by Gasteiger charge is 2.02. The molecule has 0 aliphatic rings. The number of nitrogen functional groups attached to an aromatic ring is 1. The lowest BCUT2D eigenvalue weighted by Crippen LogP contribution is -2.12.